The lowest BCUT2D eigenvalue weighted by molar-refractivity contribution is -0.149. The number of nitrogens with one attached hydrogen (secondary N) is 1. The van der Waals surface area contributed by atoms with Crippen molar-refractivity contribution >= 4 is 5.97 Å². The number of hydrogen-bond donors (Lipinski definition) is 1. The Hall–Kier alpha value is -0.610. The van der Waals surface area contributed by atoms with Crippen LogP contribution in [-0.2, 0) is 9.53 Å². The van der Waals surface area contributed by atoms with Crippen LogP contribution in [0.3, 0.4) is 0 Å². The molecule has 2 rings (SSSR count). The first kappa shape index (κ1) is 12.8. The zero-order valence-electron chi connectivity index (χ0n) is 11.0. The lowest BCUT2D eigenvalue weighted by Gasteiger charge is -2.31. The molecule has 1 unspecified atom stereocenters. The molecular weight excluding hydrogens is 216 g/mol. The number of likely N-dealkylation sites (tertiary alicyclic amines) is 1. The van der Waals surface area contributed by atoms with Crippen molar-refractivity contribution in [1.82, 2.24) is 10.2 Å². The summed E-state index contributed by atoms with van der Waals surface area (Å²) in [7, 11) is 1.50. The maximum absolute atomic E-state index is 12.1. The van der Waals surface area contributed by atoms with Gasteiger partial charge in [0.1, 0.15) is 5.54 Å². The highest BCUT2D eigenvalue weighted by Gasteiger charge is 2.43. The van der Waals surface area contributed by atoms with Gasteiger partial charge in [0.25, 0.3) is 0 Å². The third kappa shape index (κ3) is 2.99. The van der Waals surface area contributed by atoms with Gasteiger partial charge in [-0.2, -0.15) is 0 Å². The average Bonchev–Trinajstić information content (AvgIpc) is 3.16. The molecule has 2 fully saturated rings. The molecule has 4 nitrogen and oxygen atoms in total. The lowest BCUT2D eigenvalue weighted by Crippen LogP contribution is -2.54. The summed E-state index contributed by atoms with van der Waals surface area (Å²) in [5.74, 6) is -0.0673. The minimum Gasteiger partial charge on any atom is -0.468 e. The van der Waals surface area contributed by atoms with Gasteiger partial charge in [-0.05, 0) is 45.2 Å². The van der Waals surface area contributed by atoms with E-state index in [0.717, 1.165) is 38.9 Å². The molecular formula is C13H24N2O2. The van der Waals surface area contributed by atoms with Crippen molar-refractivity contribution in [3.63, 3.8) is 0 Å². The van der Waals surface area contributed by atoms with Crippen LogP contribution < -0.4 is 5.32 Å². The molecule has 0 amide bonds. The summed E-state index contributed by atoms with van der Waals surface area (Å²) in [5, 5.41) is 3.54. The quantitative estimate of drug-likeness (QED) is 0.749. The molecule has 1 atom stereocenters. The van der Waals surface area contributed by atoms with E-state index < -0.39 is 5.54 Å². The molecule has 98 valence electrons. The number of carbonyl (C=O) groups excluding carboxylic acids is 1. The summed E-state index contributed by atoms with van der Waals surface area (Å²) in [6.07, 6.45) is 5.27. The third-order valence-corrected chi connectivity index (χ3v) is 4.01. The third-order valence-electron chi connectivity index (χ3n) is 4.01. The molecule has 0 radical (unpaired) electrons. The Balaban J connectivity index is 2.05. The van der Waals surface area contributed by atoms with E-state index in [-0.39, 0.29) is 5.97 Å². The number of carbonyl (C=O) groups is 1. The average molecular weight is 240 g/mol. The molecule has 0 spiro atoms. The van der Waals surface area contributed by atoms with Crippen LogP contribution in [0.5, 0.6) is 0 Å². The van der Waals surface area contributed by atoms with Crippen molar-refractivity contribution in [2.75, 3.05) is 26.7 Å². The second-order valence-electron chi connectivity index (χ2n) is 5.28. The molecule has 0 aromatic rings. The van der Waals surface area contributed by atoms with E-state index >= 15 is 0 Å². The van der Waals surface area contributed by atoms with Crippen molar-refractivity contribution < 1.29 is 9.53 Å². The molecule has 0 bridgehead atoms. The highest BCUT2D eigenvalue weighted by Crippen LogP contribution is 2.30. The van der Waals surface area contributed by atoms with E-state index in [1.165, 1.54) is 20.0 Å². The molecule has 1 aliphatic heterocycles. The number of nitrogens with zero attached hydrogens (tertiary/aromatic N) is 1. The van der Waals surface area contributed by atoms with Crippen molar-refractivity contribution in [3.05, 3.63) is 0 Å². The van der Waals surface area contributed by atoms with Crippen molar-refractivity contribution in [3.8, 4) is 0 Å². The van der Waals surface area contributed by atoms with Crippen molar-refractivity contribution in [2.24, 2.45) is 0 Å². The lowest BCUT2D eigenvalue weighted by atomic mass is 9.90. The molecule has 1 N–H and O–H groups in total. The SMILES string of the molecule is CCN1CCCC(NC2CC2)(C(=O)OC)CC1. The van der Waals surface area contributed by atoms with Crippen LogP contribution >= 0.6 is 0 Å². The Morgan fingerprint density at radius 2 is 2.18 bits per heavy atom. The zero-order chi connectivity index (χ0) is 12.3. The fraction of sp³-hybridized carbons (Fsp3) is 0.923. The maximum Gasteiger partial charge on any atom is 0.326 e. The van der Waals surface area contributed by atoms with E-state index in [1.807, 2.05) is 0 Å². The van der Waals surface area contributed by atoms with Crippen LogP contribution in [0.25, 0.3) is 0 Å². The van der Waals surface area contributed by atoms with Gasteiger partial charge in [0.05, 0.1) is 7.11 Å². The largest absolute Gasteiger partial charge is 0.468 e. The smallest absolute Gasteiger partial charge is 0.326 e. The predicted molar refractivity (Wildman–Crippen MR) is 66.9 cm³/mol. The van der Waals surface area contributed by atoms with Crippen molar-refractivity contribution in [2.45, 2.75) is 50.6 Å². The van der Waals surface area contributed by atoms with Gasteiger partial charge < -0.3 is 9.64 Å². The van der Waals surface area contributed by atoms with Gasteiger partial charge in [0.2, 0.25) is 0 Å². The first-order valence-electron chi connectivity index (χ1n) is 6.78. The minimum absolute atomic E-state index is 0.0673. The van der Waals surface area contributed by atoms with Gasteiger partial charge in [0, 0.05) is 12.6 Å². The second-order valence-corrected chi connectivity index (χ2v) is 5.28. The number of ether oxygens (including phenoxy) is 1. The topological polar surface area (TPSA) is 41.6 Å². The Morgan fingerprint density at radius 3 is 2.76 bits per heavy atom. The first-order chi connectivity index (χ1) is 8.20. The van der Waals surface area contributed by atoms with E-state index in [2.05, 4.69) is 17.1 Å². The fourth-order valence-electron chi connectivity index (χ4n) is 2.73. The fourth-order valence-corrected chi connectivity index (χ4v) is 2.73. The van der Waals surface area contributed by atoms with Crippen LogP contribution in [0.2, 0.25) is 0 Å². The molecule has 4 heteroatoms. The normalized spacial score (nSPS) is 30.9. The van der Waals surface area contributed by atoms with E-state index in [4.69, 9.17) is 4.74 Å². The number of methoxy groups -OCH3 is 1. The Morgan fingerprint density at radius 1 is 1.41 bits per heavy atom. The molecule has 0 aromatic heterocycles. The Bertz CT molecular complexity index is 279. The van der Waals surface area contributed by atoms with E-state index in [1.54, 1.807) is 0 Å². The summed E-state index contributed by atoms with van der Waals surface area (Å²) < 4.78 is 5.03. The Kier molecular flexibility index (Phi) is 4.05. The van der Waals surface area contributed by atoms with Crippen LogP contribution in [0.1, 0.15) is 39.0 Å². The summed E-state index contributed by atoms with van der Waals surface area (Å²) in [4.78, 5) is 14.5. The molecule has 2 aliphatic rings. The maximum atomic E-state index is 12.1. The Labute approximate surface area is 104 Å². The molecule has 1 heterocycles. The highest BCUT2D eigenvalue weighted by molar-refractivity contribution is 5.81. The van der Waals surface area contributed by atoms with Crippen molar-refractivity contribution in [1.29, 1.82) is 0 Å². The van der Waals surface area contributed by atoms with Gasteiger partial charge in [-0.1, -0.05) is 6.92 Å². The van der Waals surface area contributed by atoms with Crippen LogP contribution in [-0.4, -0.2) is 49.2 Å². The molecule has 0 aromatic carbocycles. The van der Waals surface area contributed by atoms with Crippen LogP contribution in [0.4, 0.5) is 0 Å². The molecule has 1 saturated heterocycles. The summed E-state index contributed by atoms with van der Waals surface area (Å²) >= 11 is 0. The summed E-state index contributed by atoms with van der Waals surface area (Å²) in [5.41, 5.74) is -0.417. The van der Waals surface area contributed by atoms with Gasteiger partial charge in [-0.25, -0.2) is 0 Å². The standard InChI is InChI=1S/C13H24N2O2/c1-3-15-9-4-7-13(8-10-15,12(16)17-2)14-11-5-6-11/h11,14H,3-10H2,1-2H3. The molecule has 1 aliphatic carbocycles. The highest BCUT2D eigenvalue weighted by atomic mass is 16.5. The summed E-state index contributed by atoms with van der Waals surface area (Å²) in [6.45, 7) is 5.34. The predicted octanol–water partition coefficient (Wildman–Crippen LogP) is 1.16. The van der Waals surface area contributed by atoms with Gasteiger partial charge in [-0.3, -0.25) is 10.1 Å². The summed E-state index contributed by atoms with van der Waals surface area (Å²) in [6, 6.07) is 0.544. The van der Waals surface area contributed by atoms with Crippen LogP contribution in [0.15, 0.2) is 0 Å². The van der Waals surface area contributed by atoms with E-state index in [0.29, 0.717) is 6.04 Å². The molecule has 1 saturated carbocycles. The zero-order valence-corrected chi connectivity index (χ0v) is 11.0. The second kappa shape index (κ2) is 5.36. The minimum atomic E-state index is -0.417. The van der Waals surface area contributed by atoms with Gasteiger partial charge in [-0.15, -0.1) is 0 Å². The number of esters is 1. The molecule has 17 heavy (non-hydrogen) atoms. The van der Waals surface area contributed by atoms with Gasteiger partial charge in [0.15, 0.2) is 0 Å². The van der Waals surface area contributed by atoms with Gasteiger partial charge >= 0.3 is 5.97 Å². The number of hydrogen-bond acceptors (Lipinski definition) is 4. The van der Waals surface area contributed by atoms with E-state index in [9.17, 15) is 4.79 Å². The monoisotopic (exact) mass is 240 g/mol. The first-order valence-corrected chi connectivity index (χ1v) is 6.78. The van der Waals surface area contributed by atoms with Crippen LogP contribution in [0, 0.1) is 0 Å². The number of rotatable bonds is 4.